The van der Waals surface area contributed by atoms with Gasteiger partial charge < -0.3 is 10.1 Å². The highest BCUT2D eigenvalue weighted by atomic mass is 35.5. The molecule has 2 aromatic rings. The quantitative estimate of drug-likeness (QED) is 0.843. The summed E-state index contributed by atoms with van der Waals surface area (Å²) in [6.07, 6.45) is 10.7. The largest absolute Gasteiger partial charge is 0.375 e. The summed E-state index contributed by atoms with van der Waals surface area (Å²) in [4.78, 5) is 0. The molecule has 3 aliphatic rings. The molecule has 1 N–H and O–H groups in total. The van der Waals surface area contributed by atoms with E-state index < -0.39 is 0 Å². The lowest BCUT2D eigenvalue weighted by molar-refractivity contribution is -0.0288. The monoisotopic (exact) mass is 386 g/mol. The third kappa shape index (κ3) is 3.53. The molecule has 0 atom stereocenters. The first-order chi connectivity index (χ1) is 13.3. The van der Waals surface area contributed by atoms with E-state index in [1.165, 1.54) is 36.9 Å². The van der Waals surface area contributed by atoms with Crippen LogP contribution in [0.4, 0.5) is 0 Å². The van der Waals surface area contributed by atoms with Crippen molar-refractivity contribution in [2.75, 3.05) is 0 Å². The molecule has 1 aromatic carbocycles. The van der Waals surface area contributed by atoms with Crippen molar-refractivity contribution in [1.82, 2.24) is 20.1 Å². The zero-order chi connectivity index (χ0) is 18.2. The van der Waals surface area contributed by atoms with Gasteiger partial charge in [0.2, 0.25) is 0 Å². The van der Waals surface area contributed by atoms with Crippen LogP contribution in [0, 0.1) is 0 Å². The predicted octanol–water partition coefficient (Wildman–Crippen LogP) is 4.51. The molecular weight excluding hydrogens is 360 g/mol. The summed E-state index contributed by atoms with van der Waals surface area (Å²) >= 11 is 6.22. The van der Waals surface area contributed by atoms with Gasteiger partial charge in [0.1, 0.15) is 5.82 Å². The Morgan fingerprint density at radius 2 is 1.74 bits per heavy atom. The van der Waals surface area contributed by atoms with Crippen LogP contribution in [-0.2, 0) is 17.8 Å². The number of fused-ring (bicyclic) bond motifs is 3. The van der Waals surface area contributed by atoms with Gasteiger partial charge in [0.25, 0.3) is 0 Å². The molecule has 2 saturated carbocycles. The molecule has 0 spiro atoms. The minimum Gasteiger partial charge on any atom is -0.375 e. The minimum atomic E-state index is 0.434. The summed E-state index contributed by atoms with van der Waals surface area (Å²) in [5.41, 5.74) is 2.38. The first-order valence-electron chi connectivity index (χ1n) is 10.4. The van der Waals surface area contributed by atoms with Crippen molar-refractivity contribution in [3.8, 4) is 5.69 Å². The summed E-state index contributed by atoms with van der Waals surface area (Å²) in [5.74, 6) is 2.56. The Kier molecular flexibility index (Phi) is 4.92. The number of rotatable bonds is 3. The molecule has 2 fully saturated rings. The summed E-state index contributed by atoms with van der Waals surface area (Å²) in [7, 11) is 0. The number of halogens is 1. The van der Waals surface area contributed by atoms with E-state index in [-0.39, 0.29) is 0 Å². The fourth-order valence-corrected chi connectivity index (χ4v) is 5.14. The van der Waals surface area contributed by atoms with Crippen molar-refractivity contribution in [1.29, 1.82) is 0 Å². The molecular formula is C21H27ClN4O. The van der Waals surface area contributed by atoms with Crippen LogP contribution in [0.1, 0.15) is 74.5 Å². The fraction of sp³-hybridized carbons (Fsp3) is 0.619. The highest BCUT2D eigenvalue weighted by Gasteiger charge is 2.31. The average Bonchev–Trinajstić information content (AvgIpc) is 3.30. The van der Waals surface area contributed by atoms with Crippen LogP contribution in [0.25, 0.3) is 5.69 Å². The van der Waals surface area contributed by atoms with Gasteiger partial charge in [-0.05, 0) is 62.3 Å². The van der Waals surface area contributed by atoms with Crippen molar-refractivity contribution < 1.29 is 4.74 Å². The topological polar surface area (TPSA) is 52.0 Å². The van der Waals surface area contributed by atoms with Gasteiger partial charge in [0.05, 0.1) is 24.4 Å². The summed E-state index contributed by atoms with van der Waals surface area (Å²) in [5, 5.41) is 13.3. The van der Waals surface area contributed by atoms with Gasteiger partial charge in [-0.15, -0.1) is 10.2 Å². The summed E-state index contributed by atoms with van der Waals surface area (Å²) in [6.45, 7) is 1.54. The van der Waals surface area contributed by atoms with Crippen LogP contribution in [-0.4, -0.2) is 27.0 Å². The zero-order valence-corrected chi connectivity index (χ0v) is 16.4. The Hall–Kier alpha value is -1.43. The van der Waals surface area contributed by atoms with Crippen LogP contribution in [0.5, 0.6) is 0 Å². The molecule has 5 rings (SSSR count). The smallest absolute Gasteiger partial charge is 0.151 e. The molecule has 0 saturated heterocycles. The number of benzene rings is 1. The van der Waals surface area contributed by atoms with Crippen molar-refractivity contribution in [3.05, 3.63) is 40.4 Å². The highest BCUT2D eigenvalue weighted by Crippen LogP contribution is 2.37. The van der Waals surface area contributed by atoms with Gasteiger partial charge in [0, 0.05) is 17.5 Å². The first-order valence-corrected chi connectivity index (χ1v) is 10.7. The van der Waals surface area contributed by atoms with Crippen molar-refractivity contribution >= 4 is 11.6 Å². The van der Waals surface area contributed by atoms with E-state index in [4.69, 9.17) is 16.3 Å². The Balaban J connectivity index is 1.36. The minimum absolute atomic E-state index is 0.434. The lowest BCUT2D eigenvalue weighted by atomic mass is 9.86. The Labute approximate surface area is 165 Å². The van der Waals surface area contributed by atoms with E-state index in [0.717, 1.165) is 55.4 Å². The van der Waals surface area contributed by atoms with E-state index in [9.17, 15) is 0 Å². The number of nitrogens with one attached hydrogen (secondary N) is 1. The molecule has 0 unspecified atom stereocenters. The summed E-state index contributed by atoms with van der Waals surface area (Å²) < 4.78 is 8.62. The molecule has 0 amide bonds. The molecule has 2 aliphatic carbocycles. The van der Waals surface area contributed by atoms with Gasteiger partial charge in [-0.25, -0.2) is 0 Å². The number of aromatic nitrogens is 3. The molecule has 1 aliphatic heterocycles. The maximum absolute atomic E-state index is 6.35. The van der Waals surface area contributed by atoms with Crippen LogP contribution < -0.4 is 5.32 Å². The van der Waals surface area contributed by atoms with Crippen LogP contribution in [0.3, 0.4) is 0 Å². The van der Waals surface area contributed by atoms with E-state index in [1.54, 1.807) is 0 Å². The molecule has 2 heterocycles. The summed E-state index contributed by atoms with van der Waals surface area (Å²) in [6, 6.07) is 6.12. The van der Waals surface area contributed by atoms with E-state index in [2.05, 4.69) is 32.2 Å². The molecule has 0 bridgehead atoms. The maximum Gasteiger partial charge on any atom is 0.151 e. The maximum atomic E-state index is 6.35. The molecule has 27 heavy (non-hydrogen) atoms. The van der Waals surface area contributed by atoms with Crippen molar-refractivity contribution in [2.24, 2.45) is 0 Å². The second-order valence-corrected chi connectivity index (χ2v) is 8.64. The third-order valence-corrected chi connectivity index (χ3v) is 6.60. The Morgan fingerprint density at radius 1 is 0.963 bits per heavy atom. The van der Waals surface area contributed by atoms with Gasteiger partial charge >= 0.3 is 0 Å². The second kappa shape index (κ2) is 7.53. The van der Waals surface area contributed by atoms with Crippen molar-refractivity contribution in [3.63, 3.8) is 0 Å². The average molecular weight is 387 g/mol. The van der Waals surface area contributed by atoms with Gasteiger partial charge in [-0.2, -0.15) is 0 Å². The van der Waals surface area contributed by atoms with Gasteiger partial charge in [-0.1, -0.05) is 24.4 Å². The molecule has 5 nitrogen and oxygen atoms in total. The predicted molar refractivity (Wildman–Crippen MR) is 105 cm³/mol. The van der Waals surface area contributed by atoms with Crippen LogP contribution in [0.2, 0.25) is 5.02 Å². The van der Waals surface area contributed by atoms with E-state index in [1.807, 2.05) is 6.07 Å². The number of ether oxygens (including phenoxy) is 1. The van der Waals surface area contributed by atoms with Gasteiger partial charge in [0.15, 0.2) is 5.82 Å². The lowest BCUT2D eigenvalue weighted by Gasteiger charge is -2.30. The van der Waals surface area contributed by atoms with Gasteiger partial charge in [-0.3, -0.25) is 4.57 Å². The molecule has 1 aromatic heterocycles. The number of nitrogens with zero attached hydrogens (tertiary/aromatic N) is 3. The van der Waals surface area contributed by atoms with E-state index in [0.29, 0.717) is 18.1 Å². The number of hydrogen-bond acceptors (Lipinski definition) is 4. The number of hydrogen-bond donors (Lipinski definition) is 1. The zero-order valence-electron chi connectivity index (χ0n) is 15.7. The highest BCUT2D eigenvalue weighted by molar-refractivity contribution is 6.30. The van der Waals surface area contributed by atoms with Crippen LogP contribution >= 0.6 is 11.6 Å². The Bertz CT molecular complexity index is 807. The van der Waals surface area contributed by atoms with Crippen LogP contribution in [0.15, 0.2) is 18.2 Å². The van der Waals surface area contributed by atoms with E-state index >= 15 is 0 Å². The standard InChI is InChI=1S/C21H27ClN4O/c22-16-7-10-19-15(11-16)12-23-13-20-24-25-21(26(19)20)14-5-8-18(9-6-14)27-17-3-1-2-4-17/h7,10-11,14,17-18,23H,1-6,8-9,12-13H2/t14-,18-. The fourth-order valence-electron chi connectivity index (χ4n) is 4.95. The Morgan fingerprint density at radius 3 is 2.56 bits per heavy atom. The SMILES string of the molecule is Clc1ccc2c(c1)CNCc1nnc([C@H]3CC[C@H](OC4CCCC4)CC3)n1-2. The lowest BCUT2D eigenvalue weighted by Crippen LogP contribution is -2.26. The normalized spacial score (nSPS) is 25.8. The first kappa shape index (κ1) is 17.7. The van der Waals surface area contributed by atoms with Crippen molar-refractivity contribution in [2.45, 2.75) is 82.6 Å². The molecule has 0 radical (unpaired) electrons. The molecule has 144 valence electrons. The molecule has 6 heteroatoms. The second-order valence-electron chi connectivity index (χ2n) is 8.20. The third-order valence-electron chi connectivity index (χ3n) is 6.36.